The zero-order valence-corrected chi connectivity index (χ0v) is 11.5. The van der Waals surface area contributed by atoms with Crippen LogP contribution in [-0.2, 0) is 0 Å². The Hall–Kier alpha value is -1.39. The summed E-state index contributed by atoms with van der Waals surface area (Å²) in [7, 11) is 0. The van der Waals surface area contributed by atoms with Crippen molar-refractivity contribution in [2.45, 2.75) is 25.3 Å². The molecule has 0 aliphatic carbocycles. The summed E-state index contributed by atoms with van der Waals surface area (Å²) in [6.07, 6.45) is 5.43. The SMILES string of the molecule is Cl.c1ccc2nc(OCC3CCCCN3)cnc2c1. The lowest BCUT2D eigenvalue weighted by molar-refractivity contribution is 0.232. The molecular weight excluding hydrogens is 262 g/mol. The Morgan fingerprint density at radius 2 is 2.05 bits per heavy atom. The standard InChI is InChI=1S/C14H17N3O.ClH/c1-2-7-13-12(6-1)16-9-14(17-13)18-10-11-5-3-4-8-15-11;/h1-2,6-7,9,11,15H,3-5,8,10H2;1H. The first-order chi connectivity index (χ1) is 8.92. The number of para-hydroxylation sites is 2. The fourth-order valence-corrected chi connectivity index (χ4v) is 2.26. The molecule has 0 spiro atoms. The number of piperidine rings is 1. The zero-order valence-electron chi connectivity index (χ0n) is 10.7. The molecule has 0 saturated carbocycles. The minimum absolute atomic E-state index is 0. The summed E-state index contributed by atoms with van der Waals surface area (Å²) in [5.41, 5.74) is 1.78. The molecule has 1 fully saturated rings. The van der Waals surface area contributed by atoms with Crippen molar-refractivity contribution in [1.82, 2.24) is 15.3 Å². The lowest BCUT2D eigenvalue weighted by atomic mass is 10.1. The largest absolute Gasteiger partial charge is 0.475 e. The van der Waals surface area contributed by atoms with E-state index in [0.717, 1.165) is 17.6 Å². The van der Waals surface area contributed by atoms with Crippen molar-refractivity contribution < 1.29 is 4.74 Å². The topological polar surface area (TPSA) is 47.0 Å². The molecule has 1 aromatic heterocycles. The Labute approximate surface area is 119 Å². The van der Waals surface area contributed by atoms with Crippen LogP contribution in [0, 0.1) is 0 Å². The van der Waals surface area contributed by atoms with Crippen LogP contribution in [0.1, 0.15) is 19.3 Å². The van der Waals surface area contributed by atoms with Gasteiger partial charge >= 0.3 is 0 Å². The maximum Gasteiger partial charge on any atom is 0.232 e. The number of nitrogens with zero attached hydrogens (tertiary/aromatic N) is 2. The first-order valence-corrected chi connectivity index (χ1v) is 6.50. The molecule has 1 aliphatic rings. The monoisotopic (exact) mass is 279 g/mol. The van der Waals surface area contributed by atoms with E-state index in [4.69, 9.17) is 4.74 Å². The molecule has 1 aromatic carbocycles. The highest BCUT2D eigenvalue weighted by Gasteiger charge is 2.13. The lowest BCUT2D eigenvalue weighted by Crippen LogP contribution is -2.38. The van der Waals surface area contributed by atoms with Gasteiger partial charge in [-0.25, -0.2) is 9.97 Å². The Bertz CT molecular complexity index is 529. The fraction of sp³-hybridized carbons (Fsp3) is 0.429. The van der Waals surface area contributed by atoms with E-state index in [1.807, 2.05) is 24.3 Å². The summed E-state index contributed by atoms with van der Waals surface area (Å²) in [5, 5.41) is 3.45. The molecule has 1 atom stereocenters. The molecule has 3 rings (SSSR count). The van der Waals surface area contributed by atoms with Crippen LogP contribution < -0.4 is 10.1 Å². The molecule has 5 heteroatoms. The maximum absolute atomic E-state index is 5.72. The van der Waals surface area contributed by atoms with E-state index in [9.17, 15) is 0 Å². The lowest BCUT2D eigenvalue weighted by Gasteiger charge is -2.23. The first-order valence-electron chi connectivity index (χ1n) is 6.50. The summed E-state index contributed by atoms with van der Waals surface area (Å²) in [4.78, 5) is 8.78. The summed E-state index contributed by atoms with van der Waals surface area (Å²) in [6.45, 7) is 1.77. The van der Waals surface area contributed by atoms with E-state index in [1.165, 1.54) is 19.3 Å². The van der Waals surface area contributed by atoms with Crippen molar-refractivity contribution in [2.24, 2.45) is 0 Å². The number of benzene rings is 1. The summed E-state index contributed by atoms with van der Waals surface area (Å²) < 4.78 is 5.72. The molecule has 1 saturated heterocycles. The van der Waals surface area contributed by atoms with E-state index in [1.54, 1.807) is 6.20 Å². The predicted octanol–water partition coefficient (Wildman–Crippen LogP) is 2.57. The van der Waals surface area contributed by atoms with Gasteiger partial charge in [0.25, 0.3) is 0 Å². The van der Waals surface area contributed by atoms with Gasteiger partial charge in [-0.2, -0.15) is 0 Å². The van der Waals surface area contributed by atoms with Crippen LogP contribution in [0.4, 0.5) is 0 Å². The second-order valence-electron chi connectivity index (χ2n) is 4.65. The number of nitrogens with one attached hydrogen (secondary N) is 1. The third kappa shape index (κ3) is 3.55. The maximum atomic E-state index is 5.72. The molecule has 0 amide bonds. The third-order valence-corrected chi connectivity index (χ3v) is 3.27. The van der Waals surface area contributed by atoms with Crippen LogP contribution in [0.2, 0.25) is 0 Å². The minimum atomic E-state index is 0. The highest BCUT2D eigenvalue weighted by Crippen LogP contribution is 2.14. The van der Waals surface area contributed by atoms with Crippen molar-refractivity contribution in [3.05, 3.63) is 30.5 Å². The molecular formula is C14H18ClN3O. The fourth-order valence-electron chi connectivity index (χ4n) is 2.26. The van der Waals surface area contributed by atoms with Crippen molar-refractivity contribution in [1.29, 1.82) is 0 Å². The summed E-state index contributed by atoms with van der Waals surface area (Å²) >= 11 is 0. The van der Waals surface area contributed by atoms with Gasteiger partial charge in [0.2, 0.25) is 5.88 Å². The molecule has 2 aromatic rings. The number of rotatable bonds is 3. The van der Waals surface area contributed by atoms with Crippen molar-refractivity contribution in [3.63, 3.8) is 0 Å². The van der Waals surface area contributed by atoms with Crippen LogP contribution >= 0.6 is 12.4 Å². The van der Waals surface area contributed by atoms with E-state index >= 15 is 0 Å². The van der Waals surface area contributed by atoms with Gasteiger partial charge in [-0.1, -0.05) is 18.6 Å². The molecule has 1 unspecified atom stereocenters. The van der Waals surface area contributed by atoms with E-state index in [2.05, 4.69) is 15.3 Å². The molecule has 4 nitrogen and oxygen atoms in total. The van der Waals surface area contributed by atoms with Crippen LogP contribution in [0.5, 0.6) is 5.88 Å². The van der Waals surface area contributed by atoms with Crippen molar-refractivity contribution >= 4 is 23.4 Å². The van der Waals surface area contributed by atoms with E-state index < -0.39 is 0 Å². The van der Waals surface area contributed by atoms with Crippen LogP contribution in [0.3, 0.4) is 0 Å². The van der Waals surface area contributed by atoms with Gasteiger partial charge < -0.3 is 10.1 Å². The van der Waals surface area contributed by atoms with Crippen LogP contribution in [0.15, 0.2) is 30.5 Å². The van der Waals surface area contributed by atoms with Gasteiger partial charge in [-0.3, -0.25) is 0 Å². The van der Waals surface area contributed by atoms with Gasteiger partial charge in [0, 0.05) is 6.04 Å². The number of hydrogen-bond acceptors (Lipinski definition) is 4. The Morgan fingerprint density at radius 3 is 2.84 bits per heavy atom. The molecule has 1 N–H and O–H groups in total. The number of hydrogen-bond donors (Lipinski definition) is 1. The zero-order chi connectivity index (χ0) is 12.2. The average molecular weight is 280 g/mol. The van der Waals surface area contributed by atoms with Gasteiger partial charge in [0.1, 0.15) is 6.61 Å². The number of ether oxygens (including phenoxy) is 1. The summed E-state index contributed by atoms with van der Waals surface area (Å²) in [5.74, 6) is 0.612. The second kappa shape index (κ2) is 6.68. The smallest absolute Gasteiger partial charge is 0.232 e. The summed E-state index contributed by atoms with van der Waals surface area (Å²) in [6, 6.07) is 8.28. The Balaban J connectivity index is 0.00000133. The van der Waals surface area contributed by atoms with Gasteiger partial charge in [0.05, 0.1) is 17.2 Å². The molecule has 19 heavy (non-hydrogen) atoms. The van der Waals surface area contributed by atoms with Gasteiger partial charge in [-0.05, 0) is 31.5 Å². The Morgan fingerprint density at radius 1 is 1.21 bits per heavy atom. The number of halogens is 1. The number of fused-ring (bicyclic) bond motifs is 1. The highest BCUT2D eigenvalue weighted by molar-refractivity contribution is 5.85. The highest BCUT2D eigenvalue weighted by atomic mass is 35.5. The second-order valence-corrected chi connectivity index (χ2v) is 4.65. The van der Waals surface area contributed by atoms with Crippen LogP contribution in [0.25, 0.3) is 11.0 Å². The van der Waals surface area contributed by atoms with Gasteiger partial charge in [0.15, 0.2) is 0 Å². The van der Waals surface area contributed by atoms with Crippen LogP contribution in [-0.4, -0.2) is 29.2 Å². The molecule has 102 valence electrons. The minimum Gasteiger partial charge on any atom is -0.475 e. The molecule has 2 heterocycles. The predicted molar refractivity (Wildman–Crippen MR) is 77.9 cm³/mol. The van der Waals surface area contributed by atoms with Gasteiger partial charge in [-0.15, -0.1) is 12.4 Å². The quantitative estimate of drug-likeness (QED) is 0.938. The normalized spacial score (nSPS) is 18.8. The average Bonchev–Trinajstić information content (AvgIpc) is 2.46. The van der Waals surface area contributed by atoms with Crippen molar-refractivity contribution in [3.8, 4) is 5.88 Å². The number of aromatic nitrogens is 2. The third-order valence-electron chi connectivity index (χ3n) is 3.27. The first kappa shape index (κ1) is 14.0. The molecule has 0 radical (unpaired) electrons. The van der Waals surface area contributed by atoms with Crippen molar-refractivity contribution in [2.75, 3.05) is 13.2 Å². The van der Waals surface area contributed by atoms with E-state index in [-0.39, 0.29) is 12.4 Å². The molecule has 0 bridgehead atoms. The molecule has 1 aliphatic heterocycles. The Kier molecular flexibility index (Phi) is 4.93. The van der Waals surface area contributed by atoms with E-state index in [0.29, 0.717) is 18.5 Å².